The molecular weight excluding hydrogens is 354 g/mol. The van der Waals surface area contributed by atoms with Crippen molar-refractivity contribution >= 4 is 35.6 Å². The number of carbonyl (C=O) groups is 3. The van der Waals surface area contributed by atoms with Crippen molar-refractivity contribution in [3.05, 3.63) is 36.4 Å². The molecule has 10 nitrogen and oxygen atoms in total. The molecule has 0 unspecified atom stereocenters. The third kappa shape index (κ3) is 3.59. The summed E-state index contributed by atoms with van der Waals surface area (Å²) in [6.45, 7) is 0. The lowest BCUT2D eigenvalue weighted by Gasteiger charge is -2.29. The number of carbonyl (C=O) groups excluding carboxylic acids is 3. The Morgan fingerprint density at radius 3 is 2.52 bits per heavy atom. The van der Waals surface area contributed by atoms with Crippen LogP contribution in [0.15, 0.2) is 41.4 Å². The van der Waals surface area contributed by atoms with Crippen LogP contribution >= 0.6 is 0 Å². The van der Waals surface area contributed by atoms with E-state index in [4.69, 9.17) is 9.47 Å². The normalized spacial score (nSPS) is 17.2. The van der Waals surface area contributed by atoms with Crippen molar-refractivity contribution in [2.45, 2.75) is 0 Å². The van der Waals surface area contributed by atoms with E-state index >= 15 is 0 Å². The molecule has 138 valence electrons. The SMILES string of the molecule is COc1ccc(N=C[C@@H]2C(=O)NC(=O)N(c3ccccc3OC)C2=O)nn1. The van der Waals surface area contributed by atoms with Crippen molar-refractivity contribution in [2.75, 3.05) is 19.1 Å². The lowest BCUT2D eigenvalue weighted by atomic mass is 10.1. The van der Waals surface area contributed by atoms with Gasteiger partial charge in [-0.05, 0) is 18.2 Å². The van der Waals surface area contributed by atoms with Crippen LogP contribution in [-0.2, 0) is 9.59 Å². The Hall–Kier alpha value is -3.82. The molecule has 1 aliphatic heterocycles. The average Bonchev–Trinajstić information content (AvgIpc) is 2.68. The van der Waals surface area contributed by atoms with Gasteiger partial charge in [0.05, 0.1) is 19.9 Å². The molecule has 0 radical (unpaired) electrons. The van der Waals surface area contributed by atoms with Crippen LogP contribution < -0.4 is 19.7 Å². The van der Waals surface area contributed by atoms with Gasteiger partial charge in [-0.25, -0.2) is 14.7 Å². The van der Waals surface area contributed by atoms with Gasteiger partial charge in [0.1, 0.15) is 5.75 Å². The summed E-state index contributed by atoms with van der Waals surface area (Å²) in [6.07, 6.45) is 1.11. The first kappa shape index (κ1) is 18.0. The van der Waals surface area contributed by atoms with E-state index in [-0.39, 0.29) is 11.5 Å². The summed E-state index contributed by atoms with van der Waals surface area (Å²) >= 11 is 0. The summed E-state index contributed by atoms with van der Waals surface area (Å²) < 4.78 is 10.1. The monoisotopic (exact) mass is 369 g/mol. The van der Waals surface area contributed by atoms with E-state index in [2.05, 4.69) is 20.5 Å². The number of aliphatic imine (C=N–C) groups is 1. The quantitative estimate of drug-likeness (QED) is 0.618. The number of para-hydroxylation sites is 2. The molecule has 1 aromatic carbocycles. The van der Waals surface area contributed by atoms with Gasteiger partial charge in [-0.2, -0.15) is 0 Å². The van der Waals surface area contributed by atoms with Crippen LogP contribution in [0.3, 0.4) is 0 Å². The minimum Gasteiger partial charge on any atom is -0.495 e. The average molecular weight is 369 g/mol. The summed E-state index contributed by atoms with van der Waals surface area (Å²) in [5.41, 5.74) is 0.220. The number of amides is 4. The minimum atomic E-state index is -1.31. The maximum Gasteiger partial charge on any atom is 0.335 e. The number of anilines is 1. The number of ether oxygens (including phenoxy) is 2. The molecule has 10 heteroatoms. The number of rotatable bonds is 5. The van der Waals surface area contributed by atoms with Crippen LogP contribution in [0.4, 0.5) is 16.3 Å². The number of urea groups is 1. The molecule has 1 aliphatic rings. The number of methoxy groups -OCH3 is 2. The molecule has 4 amide bonds. The number of nitrogens with one attached hydrogen (secondary N) is 1. The predicted octanol–water partition coefficient (Wildman–Crippen LogP) is 1.10. The van der Waals surface area contributed by atoms with Crippen molar-refractivity contribution in [3.8, 4) is 11.6 Å². The van der Waals surface area contributed by atoms with Crippen LogP contribution in [0, 0.1) is 5.92 Å². The molecule has 3 rings (SSSR count). The zero-order valence-electron chi connectivity index (χ0n) is 14.4. The molecule has 1 fully saturated rings. The van der Waals surface area contributed by atoms with E-state index in [9.17, 15) is 14.4 Å². The van der Waals surface area contributed by atoms with E-state index in [1.807, 2.05) is 0 Å². The van der Waals surface area contributed by atoms with Crippen molar-refractivity contribution in [3.63, 3.8) is 0 Å². The molecule has 0 spiro atoms. The second-order valence-corrected chi connectivity index (χ2v) is 5.33. The maximum atomic E-state index is 12.8. The van der Waals surface area contributed by atoms with Crippen LogP contribution in [0.5, 0.6) is 11.6 Å². The summed E-state index contributed by atoms with van der Waals surface area (Å²) in [4.78, 5) is 41.9. The van der Waals surface area contributed by atoms with E-state index in [1.54, 1.807) is 18.2 Å². The van der Waals surface area contributed by atoms with E-state index in [0.29, 0.717) is 11.6 Å². The van der Waals surface area contributed by atoms with Crippen molar-refractivity contribution in [2.24, 2.45) is 10.9 Å². The number of hydrogen-bond donors (Lipinski definition) is 1. The smallest absolute Gasteiger partial charge is 0.335 e. The highest BCUT2D eigenvalue weighted by Crippen LogP contribution is 2.30. The van der Waals surface area contributed by atoms with Crippen LogP contribution in [-0.4, -0.2) is 48.5 Å². The van der Waals surface area contributed by atoms with Crippen molar-refractivity contribution in [1.29, 1.82) is 0 Å². The molecule has 2 aromatic rings. The van der Waals surface area contributed by atoms with Gasteiger partial charge >= 0.3 is 6.03 Å². The largest absolute Gasteiger partial charge is 0.495 e. The van der Waals surface area contributed by atoms with Gasteiger partial charge in [0.25, 0.3) is 5.91 Å². The fourth-order valence-electron chi connectivity index (χ4n) is 2.41. The van der Waals surface area contributed by atoms with Crippen LogP contribution in [0.25, 0.3) is 0 Å². The highest BCUT2D eigenvalue weighted by molar-refractivity contribution is 6.33. The molecule has 1 aromatic heterocycles. The fourth-order valence-corrected chi connectivity index (χ4v) is 2.41. The summed E-state index contributed by atoms with van der Waals surface area (Å²) in [5, 5.41) is 9.67. The van der Waals surface area contributed by atoms with Crippen molar-refractivity contribution in [1.82, 2.24) is 15.5 Å². The number of benzene rings is 1. The molecular formula is C17H15N5O5. The summed E-state index contributed by atoms with van der Waals surface area (Å²) in [7, 11) is 2.86. The van der Waals surface area contributed by atoms with E-state index < -0.39 is 23.8 Å². The standard InChI is InChI=1S/C17H15N5O5/c1-26-12-6-4-3-5-11(12)22-16(24)10(15(23)19-17(22)25)9-18-13-7-8-14(27-2)21-20-13/h3-10H,1-2H3,(H,19,23,25)/t10-/m1/s1. The number of aromatic nitrogens is 2. The van der Waals surface area contributed by atoms with E-state index in [1.165, 1.54) is 32.4 Å². The Bertz CT molecular complexity index is 912. The minimum absolute atomic E-state index is 0.178. The van der Waals surface area contributed by atoms with Gasteiger partial charge < -0.3 is 9.47 Å². The van der Waals surface area contributed by atoms with Gasteiger partial charge in [-0.3, -0.25) is 14.9 Å². The Kier molecular flexibility index (Phi) is 5.06. The maximum absolute atomic E-state index is 12.8. The predicted molar refractivity (Wildman–Crippen MR) is 94.2 cm³/mol. The Morgan fingerprint density at radius 1 is 1.07 bits per heavy atom. The van der Waals surface area contributed by atoms with E-state index in [0.717, 1.165) is 11.1 Å². The molecule has 0 aliphatic carbocycles. The molecule has 27 heavy (non-hydrogen) atoms. The second-order valence-electron chi connectivity index (χ2n) is 5.33. The first-order chi connectivity index (χ1) is 13.0. The Morgan fingerprint density at radius 2 is 1.85 bits per heavy atom. The first-order valence-electron chi connectivity index (χ1n) is 7.79. The highest BCUT2D eigenvalue weighted by Gasteiger charge is 2.41. The number of imide groups is 2. The van der Waals surface area contributed by atoms with Crippen molar-refractivity contribution < 1.29 is 23.9 Å². The van der Waals surface area contributed by atoms with Gasteiger partial charge in [-0.1, -0.05) is 12.1 Å². The summed E-state index contributed by atoms with van der Waals surface area (Å²) in [6, 6.07) is 8.66. The topological polar surface area (TPSA) is 123 Å². The number of barbiturate groups is 1. The first-order valence-corrected chi connectivity index (χ1v) is 7.79. The molecule has 1 N–H and O–H groups in total. The Balaban J connectivity index is 1.89. The number of hydrogen-bond acceptors (Lipinski definition) is 8. The lowest BCUT2D eigenvalue weighted by molar-refractivity contribution is -0.131. The van der Waals surface area contributed by atoms with Gasteiger partial charge in [-0.15, -0.1) is 10.2 Å². The number of nitrogens with zero attached hydrogens (tertiary/aromatic N) is 4. The van der Waals surface area contributed by atoms with Crippen LogP contribution in [0.2, 0.25) is 0 Å². The summed E-state index contributed by atoms with van der Waals surface area (Å²) in [5.74, 6) is -2.05. The highest BCUT2D eigenvalue weighted by atomic mass is 16.5. The molecule has 1 atom stereocenters. The molecule has 0 bridgehead atoms. The lowest BCUT2D eigenvalue weighted by Crippen LogP contribution is -2.58. The molecule has 2 heterocycles. The van der Waals surface area contributed by atoms with Gasteiger partial charge in [0.2, 0.25) is 11.8 Å². The molecule has 0 saturated carbocycles. The third-order valence-electron chi connectivity index (χ3n) is 3.72. The second kappa shape index (κ2) is 7.60. The fraction of sp³-hybridized carbons (Fsp3) is 0.176. The van der Waals surface area contributed by atoms with Gasteiger partial charge in [0, 0.05) is 12.3 Å². The third-order valence-corrected chi connectivity index (χ3v) is 3.72. The zero-order chi connectivity index (χ0) is 19.4. The van der Waals surface area contributed by atoms with Crippen LogP contribution in [0.1, 0.15) is 0 Å². The zero-order valence-corrected chi connectivity index (χ0v) is 14.4. The molecule has 1 saturated heterocycles. The Labute approximate surface area is 153 Å². The van der Waals surface area contributed by atoms with Gasteiger partial charge in [0.15, 0.2) is 11.7 Å².